The average Bonchev–Trinajstić information content (AvgIpc) is 2.53. The number of hydrogen-bond acceptors (Lipinski definition) is 3. The van der Waals surface area contributed by atoms with Crippen LogP contribution >= 0.6 is 0 Å². The maximum Gasteiger partial charge on any atom is 0.162 e. The molecule has 0 heterocycles. The highest BCUT2D eigenvalue weighted by Crippen LogP contribution is 2.32. The van der Waals surface area contributed by atoms with Crippen molar-refractivity contribution in [1.29, 1.82) is 0 Å². The van der Waals surface area contributed by atoms with Crippen molar-refractivity contribution in [2.75, 3.05) is 14.2 Å². The summed E-state index contributed by atoms with van der Waals surface area (Å²) >= 11 is 0. The SMILES string of the molecule is COc1ccccc1O[C@H](c1ccccc1)[C@@H](C)OC. The Morgan fingerprint density at radius 1 is 0.800 bits per heavy atom. The molecule has 0 bridgehead atoms. The average molecular weight is 272 g/mol. The smallest absolute Gasteiger partial charge is 0.162 e. The van der Waals surface area contributed by atoms with Crippen LogP contribution in [0.3, 0.4) is 0 Å². The van der Waals surface area contributed by atoms with Crippen molar-refractivity contribution in [2.24, 2.45) is 0 Å². The Hall–Kier alpha value is -2.00. The number of benzene rings is 2. The molecular weight excluding hydrogens is 252 g/mol. The zero-order valence-electron chi connectivity index (χ0n) is 12.1. The number of para-hydroxylation sites is 2. The zero-order valence-corrected chi connectivity index (χ0v) is 12.1. The van der Waals surface area contributed by atoms with E-state index in [0.29, 0.717) is 5.75 Å². The lowest BCUT2D eigenvalue weighted by atomic mass is 10.1. The van der Waals surface area contributed by atoms with Crippen LogP contribution in [0, 0.1) is 0 Å². The van der Waals surface area contributed by atoms with Crippen LogP contribution in [0.25, 0.3) is 0 Å². The van der Waals surface area contributed by atoms with Crippen LogP contribution in [-0.2, 0) is 4.74 Å². The van der Waals surface area contributed by atoms with Gasteiger partial charge in [-0.1, -0.05) is 42.5 Å². The normalized spacial score (nSPS) is 13.6. The van der Waals surface area contributed by atoms with Crippen LogP contribution in [0.5, 0.6) is 11.5 Å². The molecule has 0 saturated carbocycles. The van der Waals surface area contributed by atoms with E-state index in [1.165, 1.54) is 0 Å². The third kappa shape index (κ3) is 3.31. The van der Waals surface area contributed by atoms with Crippen LogP contribution in [0.4, 0.5) is 0 Å². The summed E-state index contributed by atoms with van der Waals surface area (Å²) in [5.41, 5.74) is 1.08. The third-order valence-corrected chi connectivity index (χ3v) is 3.25. The molecule has 106 valence electrons. The standard InChI is InChI=1S/C17H20O3/c1-13(18-2)17(14-9-5-4-6-10-14)20-16-12-8-7-11-15(16)19-3/h4-13,17H,1-3H3/t13-,17+/m1/s1. The molecule has 2 aromatic rings. The van der Waals surface area contributed by atoms with Crippen molar-refractivity contribution >= 4 is 0 Å². The highest BCUT2D eigenvalue weighted by molar-refractivity contribution is 5.40. The molecule has 0 radical (unpaired) electrons. The molecule has 0 aromatic heterocycles. The molecule has 0 aliphatic heterocycles. The van der Waals surface area contributed by atoms with Gasteiger partial charge in [0.1, 0.15) is 6.10 Å². The fourth-order valence-corrected chi connectivity index (χ4v) is 2.05. The Kier molecular flexibility index (Phi) is 5.02. The minimum Gasteiger partial charge on any atom is -0.493 e. The molecular formula is C17H20O3. The van der Waals surface area contributed by atoms with E-state index in [0.717, 1.165) is 11.3 Å². The Balaban J connectivity index is 2.29. The molecule has 0 aliphatic rings. The van der Waals surface area contributed by atoms with Gasteiger partial charge in [0.15, 0.2) is 11.5 Å². The third-order valence-electron chi connectivity index (χ3n) is 3.25. The van der Waals surface area contributed by atoms with Gasteiger partial charge in [-0.2, -0.15) is 0 Å². The van der Waals surface area contributed by atoms with Crippen molar-refractivity contribution in [2.45, 2.75) is 19.1 Å². The minimum absolute atomic E-state index is 0.0673. The van der Waals surface area contributed by atoms with Gasteiger partial charge in [-0.25, -0.2) is 0 Å². The second-order valence-corrected chi connectivity index (χ2v) is 4.54. The van der Waals surface area contributed by atoms with Crippen LogP contribution in [0.1, 0.15) is 18.6 Å². The predicted octanol–water partition coefficient (Wildman–Crippen LogP) is 3.85. The topological polar surface area (TPSA) is 27.7 Å². The van der Waals surface area contributed by atoms with E-state index >= 15 is 0 Å². The van der Waals surface area contributed by atoms with E-state index in [1.807, 2.05) is 61.5 Å². The van der Waals surface area contributed by atoms with E-state index in [1.54, 1.807) is 14.2 Å². The Morgan fingerprint density at radius 2 is 1.40 bits per heavy atom. The van der Waals surface area contributed by atoms with E-state index in [2.05, 4.69) is 0 Å². The van der Waals surface area contributed by atoms with Crippen molar-refractivity contribution in [3.8, 4) is 11.5 Å². The van der Waals surface area contributed by atoms with Gasteiger partial charge in [-0.15, -0.1) is 0 Å². The molecule has 2 atom stereocenters. The highest BCUT2D eigenvalue weighted by Gasteiger charge is 2.22. The van der Waals surface area contributed by atoms with Crippen molar-refractivity contribution in [3.05, 3.63) is 60.2 Å². The van der Waals surface area contributed by atoms with E-state index in [-0.39, 0.29) is 12.2 Å². The molecule has 0 saturated heterocycles. The largest absolute Gasteiger partial charge is 0.493 e. The first-order valence-corrected chi connectivity index (χ1v) is 6.63. The summed E-state index contributed by atoms with van der Waals surface area (Å²) in [4.78, 5) is 0. The first-order chi connectivity index (χ1) is 9.76. The van der Waals surface area contributed by atoms with Crippen LogP contribution < -0.4 is 9.47 Å². The number of methoxy groups -OCH3 is 2. The monoisotopic (exact) mass is 272 g/mol. The maximum atomic E-state index is 6.13. The highest BCUT2D eigenvalue weighted by atomic mass is 16.5. The lowest BCUT2D eigenvalue weighted by Gasteiger charge is -2.25. The fraction of sp³-hybridized carbons (Fsp3) is 0.294. The quantitative estimate of drug-likeness (QED) is 0.799. The Morgan fingerprint density at radius 3 is 2.00 bits per heavy atom. The maximum absolute atomic E-state index is 6.13. The van der Waals surface area contributed by atoms with Crippen LogP contribution in [0.2, 0.25) is 0 Å². The second kappa shape index (κ2) is 6.96. The number of ether oxygens (including phenoxy) is 3. The van der Waals surface area contributed by atoms with Gasteiger partial charge < -0.3 is 14.2 Å². The fourth-order valence-electron chi connectivity index (χ4n) is 2.05. The minimum atomic E-state index is -0.183. The molecule has 20 heavy (non-hydrogen) atoms. The van der Waals surface area contributed by atoms with Gasteiger partial charge in [0, 0.05) is 7.11 Å². The van der Waals surface area contributed by atoms with Crippen molar-refractivity contribution < 1.29 is 14.2 Å². The summed E-state index contributed by atoms with van der Waals surface area (Å²) in [6.07, 6.45) is -0.250. The van der Waals surface area contributed by atoms with Gasteiger partial charge in [0.2, 0.25) is 0 Å². The molecule has 0 spiro atoms. The molecule has 0 N–H and O–H groups in total. The molecule has 0 fully saturated rings. The summed E-state index contributed by atoms with van der Waals surface area (Å²) in [6, 6.07) is 17.7. The molecule has 2 aromatic carbocycles. The summed E-state index contributed by atoms with van der Waals surface area (Å²) < 4.78 is 16.9. The van der Waals surface area contributed by atoms with Crippen LogP contribution in [-0.4, -0.2) is 20.3 Å². The van der Waals surface area contributed by atoms with Gasteiger partial charge in [-0.3, -0.25) is 0 Å². The van der Waals surface area contributed by atoms with Gasteiger partial charge in [0.05, 0.1) is 13.2 Å². The lowest BCUT2D eigenvalue weighted by Crippen LogP contribution is -2.23. The molecule has 0 unspecified atom stereocenters. The van der Waals surface area contributed by atoms with E-state index in [4.69, 9.17) is 14.2 Å². The Bertz CT molecular complexity index is 525. The predicted molar refractivity (Wildman–Crippen MR) is 79.3 cm³/mol. The summed E-state index contributed by atoms with van der Waals surface area (Å²) in [5.74, 6) is 1.43. The summed E-state index contributed by atoms with van der Waals surface area (Å²) in [6.45, 7) is 1.99. The molecule has 2 rings (SSSR count). The molecule has 0 amide bonds. The lowest BCUT2D eigenvalue weighted by molar-refractivity contribution is 0.0116. The summed E-state index contributed by atoms with van der Waals surface area (Å²) in [7, 11) is 3.33. The van der Waals surface area contributed by atoms with Crippen molar-refractivity contribution in [1.82, 2.24) is 0 Å². The molecule has 3 nitrogen and oxygen atoms in total. The first kappa shape index (κ1) is 14.4. The number of rotatable bonds is 6. The second-order valence-electron chi connectivity index (χ2n) is 4.54. The van der Waals surface area contributed by atoms with Gasteiger partial charge in [0.25, 0.3) is 0 Å². The number of hydrogen-bond donors (Lipinski definition) is 0. The van der Waals surface area contributed by atoms with E-state index in [9.17, 15) is 0 Å². The Labute approximate surface area is 120 Å². The molecule has 3 heteroatoms. The molecule has 0 aliphatic carbocycles. The summed E-state index contributed by atoms with van der Waals surface area (Å²) in [5, 5.41) is 0. The van der Waals surface area contributed by atoms with Gasteiger partial charge >= 0.3 is 0 Å². The van der Waals surface area contributed by atoms with Crippen LogP contribution in [0.15, 0.2) is 54.6 Å². The van der Waals surface area contributed by atoms with E-state index < -0.39 is 0 Å². The van der Waals surface area contributed by atoms with Crippen molar-refractivity contribution in [3.63, 3.8) is 0 Å². The first-order valence-electron chi connectivity index (χ1n) is 6.63. The zero-order chi connectivity index (χ0) is 14.4. The van der Waals surface area contributed by atoms with Gasteiger partial charge in [-0.05, 0) is 24.6 Å².